The molecular weight excluding hydrogens is 304 g/mol. The standard InChI is InChI=1S/C18H28N4O2/c1-14-4-2-5-15(12-14)20-17(23)13-21-8-10-22(11-9-21)18(24)16-6-3-7-19-16/h3,6-7,14-15,19H,2,4-5,8-13H2,1H3,(H,20,23)/t14-,15-/m0/s1. The van der Waals surface area contributed by atoms with E-state index >= 15 is 0 Å². The zero-order chi connectivity index (χ0) is 16.9. The zero-order valence-electron chi connectivity index (χ0n) is 14.5. The van der Waals surface area contributed by atoms with Crippen molar-refractivity contribution in [3.63, 3.8) is 0 Å². The predicted octanol–water partition coefficient (Wildman–Crippen LogP) is 1.47. The van der Waals surface area contributed by atoms with Crippen molar-refractivity contribution in [2.75, 3.05) is 32.7 Å². The van der Waals surface area contributed by atoms with Gasteiger partial charge >= 0.3 is 0 Å². The highest BCUT2D eigenvalue weighted by Gasteiger charge is 2.25. The molecule has 1 saturated heterocycles. The highest BCUT2D eigenvalue weighted by molar-refractivity contribution is 5.92. The molecule has 2 N–H and O–H groups in total. The van der Waals surface area contributed by atoms with Crippen LogP contribution in [0.1, 0.15) is 43.1 Å². The van der Waals surface area contributed by atoms with E-state index in [1.165, 1.54) is 12.8 Å². The number of nitrogens with one attached hydrogen (secondary N) is 2. The van der Waals surface area contributed by atoms with Gasteiger partial charge in [-0.3, -0.25) is 14.5 Å². The first-order chi connectivity index (χ1) is 11.6. The molecule has 2 atom stereocenters. The average molecular weight is 332 g/mol. The third-order valence-corrected chi connectivity index (χ3v) is 5.16. The van der Waals surface area contributed by atoms with E-state index in [1.807, 2.05) is 11.0 Å². The van der Waals surface area contributed by atoms with Crippen LogP contribution >= 0.6 is 0 Å². The van der Waals surface area contributed by atoms with E-state index in [0.29, 0.717) is 37.3 Å². The number of H-pyrrole nitrogens is 1. The molecule has 0 aromatic carbocycles. The summed E-state index contributed by atoms with van der Waals surface area (Å²) in [5, 5.41) is 3.19. The van der Waals surface area contributed by atoms with Gasteiger partial charge in [-0.05, 0) is 30.9 Å². The highest BCUT2D eigenvalue weighted by atomic mass is 16.2. The Bertz CT molecular complexity index is 549. The number of nitrogens with zero attached hydrogens (tertiary/aromatic N) is 2. The topological polar surface area (TPSA) is 68.4 Å². The summed E-state index contributed by atoms with van der Waals surface area (Å²) in [4.78, 5) is 31.5. The van der Waals surface area contributed by atoms with Gasteiger partial charge < -0.3 is 15.2 Å². The lowest BCUT2D eigenvalue weighted by Gasteiger charge is -2.34. The molecule has 0 bridgehead atoms. The summed E-state index contributed by atoms with van der Waals surface area (Å²) in [6.07, 6.45) is 6.47. The van der Waals surface area contributed by atoms with E-state index in [-0.39, 0.29) is 11.8 Å². The second-order valence-electron chi connectivity index (χ2n) is 7.19. The maximum absolute atomic E-state index is 12.3. The zero-order valence-corrected chi connectivity index (χ0v) is 14.5. The van der Waals surface area contributed by atoms with Crippen LogP contribution in [-0.2, 0) is 4.79 Å². The molecule has 0 radical (unpaired) electrons. The van der Waals surface area contributed by atoms with E-state index in [2.05, 4.69) is 22.1 Å². The molecule has 0 spiro atoms. The summed E-state index contributed by atoms with van der Waals surface area (Å²) >= 11 is 0. The summed E-state index contributed by atoms with van der Waals surface area (Å²) in [6, 6.07) is 3.98. The van der Waals surface area contributed by atoms with Crippen LogP contribution < -0.4 is 5.32 Å². The lowest BCUT2D eigenvalue weighted by atomic mass is 9.87. The van der Waals surface area contributed by atoms with Gasteiger partial charge in [0.25, 0.3) is 5.91 Å². The largest absolute Gasteiger partial charge is 0.357 e. The van der Waals surface area contributed by atoms with Crippen molar-refractivity contribution in [3.05, 3.63) is 24.0 Å². The molecule has 3 rings (SSSR count). The Morgan fingerprint density at radius 1 is 1.25 bits per heavy atom. The molecule has 2 heterocycles. The second-order valence-corrected chi connectivity index (χ2v) is 7.19. The Hall–Kier alpha value is -1.82. The Labute approximate surface area is 143 Å². The molecular formula is C18H28N4O2. The van der Waals surface area contributed by atoms with Gasteiger partial charge in [0.15, 0.2) is 0 Å². The number of aromatic nitrogens is 1. The molecule has 1 aliphatic carbocycles. The average Bonchev–Trinajstić information content (AvgIpc) is 3.09. The second kappa shape index (κ2) is 7.83. The van der Waals surface area contributed by atoms with Gasteiger partial charge in [0.2, 0.25) is 5.91 Å². The minimum Gasteiger partial charge on any atom is -0.357 e. The number of carbonyl (C=O) groups excluding carboxylic acids is 2. The van der Waals surface area contributed by atoms with E-state index in [1.54, 1.807) is 12.3 Å². The quantitative estimate of drug-likeness (QED) is 0.877. The van der Waals surface area contributed by atoms with Crippen molar-refractivity contribution in [2.24, 2.45) is 5.92 Å². The lowest BCUT2D eigenvalue weighted by Crippen LogP contribution is -2.52. The molecule has 2 aliphatic rings. The van der Waals surface area contributed by atoms with E-state index in [0.717, 1.165) is 25.9 Å². The molecule has 132 valence electrons. The third-order valence-electron chi connectivity index (χ3n) is 5.16. The van der Waals surface area contributed by atoms with Crippen LogP contribution in [0.5, 0.6) is 0 Å². The van der Waals surface area contributed by atoms with Gasteiger partial charge in [-0.25, -0.2) is 0 Å². The number of amides is 2. The first-order valence-corrected chi connectivity index (χ1v) is 9.06. The summed E-state index contributed by atoms with van der Waals surface area (Å²) in [5.74, 6) is 0.880. The van der Waals surface area contributed by atoms with E-state index in [4.69, 9.17) is 0 Å². The fourth-order valence-corrected chi connectivity index (χ4v) is 3.78. The van der Waals surface area contributed by atoms with Gasteiger partial charge in [0, 0.05) is 38.4 Å². The molecule has 0 unspecified atom stereocenters. The summed E-state index contributed by atoms with van der Waals surface area (Å²) in [5.41, 5.74) is 0.632. The number of hydrogen-bond donors (Lipinski definition) is 2. The number of piperazine rings is 1. The molecule has 1 aliphatic heterocycles. The Kier molecular flexibility index (Phi) is 5.56. The molecule has 1 aromatic heterocycles. The first-order valence-electron chi connectivity index (χ1n) is 9.06. The molecule has 2 amide bonds. The predicted molar refractivity (Wildman–Crippen MR) is 92.7 cm³/mol. The highest BCUT2D eigenvalue weighted by Crippen LogP contribution is 2.23. The van der Waals surface area contributed by atoms with E-state index < -0.39 is 0 Å². The monoisotopic (exact) mass is 332 g/mol. The van der Waals surface area contributed by atoms with Crippen molar-refractivity contribution < 1.29 is 9.59 Å². The minimum atomic E-state index is 0.0419. The summed E-state index contributed by atoms with van der Waals surface area (Å²) < 4.78 is 0. The minimum absolute atomic E-state index is 0.0419. The van der Waals surface area contributed by atoms with Crippen molar-refractivity contribution >= 4 is 11.8 Å². The SMILES string of the molecule is C[C@H]1CCC[C@H](NC(=O)CN2CCN(C(=O)c3ccc[nH]3)CC2)C1. The van der Waals surface area contributed by atoms with Crippen LogP contribution in [0.25, 0.3) is 0 Å². The van der Waals surface area contributed by atoms with E-state index in [9.17, 15) is 9.59 Å². The van der Waals surface area contributed by atoms with Gasteiger partial charge in [0.1, 0.15) is 5.69 Å². The van der Waals surface area contributed by atoms with Gasteiger partial charge in [-0.15, -0.1) is 0 Å². The Morgan fingerprint density at radius 2 is 2.04 bits per heavy atom. The normalized spacial score (nSPS) is 25.5. The molecule has 2 fully saturated rings. The molecule has 1 aromatic rings. The van der Waals surface area contributed by atoms with Crippen LogP contribution in [0.3, 0.4) is 0 Å². The van der Waals surface area contributed by atoms with Crippen molar-refractivity contribution in [1.29, 1.82) is 0 Å². The Balaban J connectivity index is 1.40. The summed E-state index contributed by atoms with van der Waals surface area (Å²) in [7, 11) is 0. The molecule has 1 saturated carbocycles. The van der Waals surface area contributed by atoms with Crippen LogP contribution in [0.15, 0.2) is 18.3 Å². The Morgan fingerprint density at radius 3 is 2.71 bits per heavy atom. The van der Waals surface area contributed by atoms with Crippen LogP contribution in [0.4, 0.5) is 0 Å². The number of rotatable bonds is 4. The molecule has 6 heteroatoms. The van der Waals surface area contributed by atoms with Gasteiger partial charge in [-0.1, -0.05) is 19.8 Å². The molecule has 6 nitrogen and oxygen atoms in total. The van der Waals surface area contributed by atoms with Crippen molar-refractivity contribution in [1.82, 2.24) is 20.1 Å². The third kappa shape index (κ3) is 4.38. The van der Waals surface area contributed by atoms with Crippen LogP contribution in [0.2, 0.25) is 0 Å². The number of carbonyl (C=O) groups is 2. The maximum atomic E-state index is 12.3. The number of aromatic amines is 1. The van der Waals surface area contributed by atoms with Crippen molar-refractivity contribution in [3.8, 4) is 0 Å². The number of hydrogen-bond acceptors (Lipinski definition) is 3. The maximum Gasteiger partial charge on any atom is 0.270 e. The van der Waals surface area contributed by atoms with Crippen molar-refractivity contribution in [2.45, 2.75) is 38.6 Å². The lowest BCUT2D eigenvalue weighted by molar-refractivity contribution is -0.123. The van der Waals surface area contributed by atoms with Gasteiger partial charge in [-0.2, -0.15) is 0 Å². The molecule has 24 heavy (non-hydrogen) atoms. The first kappa shape index (κ1) is 17.0. The fraction of sp³-hybridized carbons (Fsp3) is 0.667. The van der Waals surface area contributed by atoms with Gasteiger partial charge in [0.05, 0.1) is 6.54 Å². The van der Waals surface area contributed by atoms with Crippen LogP contribution in [0, 0.1) is 5.92 Å². The summed E-state index contributed by atoms with van der Waals surface area (Å²) in [6.45, 7) is 5.55. The smallest absolute Gasteiger partial charge is 0.270 e. The fourth-order valence-electron chi connectivity index (χ4n) is 3.78. The van der Waals surface area contributed by atoms with Crippen LogP contribution in [-0.4, -0.2) is 65.4 Å².